The number of H-pyrrole nitrogens is 1. The van der Waals surface area contributed by atoms with E-state index >= 15 is 0 Å². The summed E-state index contributed by atoms with van der Waals surface area (Å²) in [7, 11) is 0. The number of rotatable bonds is 4. The van der Waals surface area contributed by atoms with Crippen LogP contribution in [0.25, 0.3) is 16.5 Å². The van der Waals surface area contributed by atoms with Gasteiger partial charge in [-0.3, -0.25) is 4.79 Å². The first-order valence-electron chi connectivity index (χ1n) is 9.06. The van der Waals surface area contributed by atoms with Gasteiger partial charge in [0.15, 0.2) is 0 Å². The molecule has 2 unspecified atom stereocenters. The highest BCUT2D eigenvalue weighted by Gasteiger charge is 2.32. The van der Waals surface area contributed by atoms with Crippen LogP contribution in [0.5, 0.6) is 0 Å². The van der Waals surface area contributed by atoms with E-state index in [0.717, 1.165) is 25.8 Å². The molecular formula is C20H25N3O. The summed E-state index contributed by atoms with van der Waals surface area (Å²) in [5.41, 5.74) is 5.11. The van der Waals surface area contributed by atoms with Gasteiger partial charge in [0.25, 0.3) is 0 Å². The third kappa shape index (κ3) is 2.46. The van der Waals surface area contributed by atoms with E-state index in [9.17, 15) is 4.79 Å². The molecule has 0 radical (unpaired) electrons. The number of nitrogens with one attached hydrogen (secondary N) is 3. The quantitative estimate of drug-likeness (QED) is 0.810. The average molecular weight is 323 g/mol. The SMILES string of the molecule is CCC(CC)NC(=O)C1C=C2c3cccc4[nH]cc(c34)CC2NC1. The molecule has 4 rings (SSSR count). The summed E-state index contributed by atoms with van der Waals surface area (Å²) in [5, 5.41) is 8.10. The van der Waals surface area contributed by atoms with Crippen molar-refractivity contribution in [2.24, 2.45) is 5.92 Å². The fourth-order valence-corrected chi connectivity index (χ4v) is 4.08. The Kier molecular flexibility index (Phi) is 3.93. The lowest BCUT2D eigenvalue weighted by molar-refractivity contribution is -0.124. The second-order valence-electron chi connectivity index (χ2n) is 6.96. The van der Waals surface area contributed by atoms with Gasteiger partial charge in [0.05, 0.1) is 5.92 Å². The Hall–Kier alpha value is -2.07. The van der Waals surface area contributed by atoms with Crippen molar-refractivity contribution in [2.45, 2.75) is 45.2 Å². The van der Waals surface area contributed by atoms with Crippen LogP contribution in [0.1, 0.15) is 37.8 Å². The zero-order valence-electron chi connectivity index (χ0n) is 14.4. The van der Waals surface area contributed by atoms with E-state index in [1.54, 1.807) is 0 Å². The standard InChI is InChI=1S/C20H25N3O/c1-3-14(4-2)23-20(24)13-8-16-15-6-5-7-17-19(15)12(10-21-17)9-18(16)22-11-13/h5-8,10,13-14,18,21-22H,3-4,9,11H2,1-2H3,(H,23,24). The van der Waals surface area contributed by atoms with Crippen molar-refractivity contribution < 1.29 is 4.79 Å². The largest absolute Gasteiger partial charge is 0.361 e. The van der Waals surface area contributed by atoms with E-state index in [2.05, 4.69) is 59.9 Å². The van der Waals surface area contributed by atoms with Crippen LogP contribution in [-0.4, -0.2) is 29.5 Å². The fraction of sp³-hybridized carbons (Fsp3) is 0.450. The first-order valence-corrected chi connectivity index (χ1v) is 9.06. The number of carbonyl (C=O) groups is 1. The normalized spacial score (nSPS) is 22.4. The predicted octanol–water partition coefficient (Wildman–Crippen LogP) is 3.00. The van der Waals surface area contributed by atoms with E-state index in [0.29, 0.717) is 6.04 Å². The van der Waals surface area contributed by atoms with Crippen LogP contribution in [0.15, 0.2) is 30.5 Å². The van der Waals surface area contributed by atoms with Crippen LogP contribution < -0.4 is 10.6 Å². The summed E-state index contributed by atoms with van der Waals surface area (Å²) >= 11 is 0. The minimum absolute atomic E-state index is 0.0902. The molecular weight excluding hydrogens is 298 g/mol. The lowest BCUT2D eigenvalue weighted by Gasteiger charge is -2.33. The molecule has 1 amide bonds. The van der Waals surface area contributed by atoms with Gasteiger partial charge in [0.1, 0.15) is 0 Å². The first-order chi connectivity index (χ1) is 11.7. The number of benzene rings is 1. The molecule has 1 aromatic carbocycles. The molecule has 2 aliphatic rings. The van der Waals surface area contributed by atoms with Gasteiger partial charge in [-0.1, -0.05) is 32.1 Å². The van der Waals surface area contributed by atoms with Gasteiger partial charge in [-0.05, 0) is 42.0 Å². The van der Waals surface area contributed by atoms with Crippen molar-refractivity contribution in [3.63, 3.8) is 0 Å². The van der Waals surface area contributed by atoms with Crippen LogP contribution in [0.4, 0.5) is 0 Å². The molecule has 1 aliphatic heterocycles. The highest BCUT2D eigenvalue weighted by Crippen LogP contribution is 2.38. The molecule has 0 saturated heterocycles. The van der Waals surface area contributed by atoms with Gasteiger partial charge in [-0.25, -0.2) is 0 Å². The molecule has 1 aromatic heterocycles. The Morgan fingerprint density at radius 3 is 2.96 bits per heavy atom. The summed E-state index contributed by atoms with van der Waals surface area (Å²) < 4.78 is 0. The number of aromatic amines is 1. The van der Waals surface area contributed by atoms with Crippen molar-refractivity contribution in [3.05, 3.63) is 41.6 Å². The van der Waals surface area contributed by atoms with Gasteiger partial charge in [-0.15, -0.1) is 0 Å². The number of carbonyl (C=O) groups excluding carboxylic acids is 1. The Morgan fingerprint density at radius 2 is 2.17 bits per heavy atom. The fourth-order valence-electron chi connectivity index (χ4n) is 4.08. The van der Waals surface area contributed by atoms with Gasteiger partial charge in [0.2, 0.25) is 5.91 Å². The monoisotopic (exact) mass is 323 g/mol. The molecule has 1 aliphatic carbocycles. The van der Waals surface area contributed by atoms with Gasteiger partial charge >= 0.3 is 0 Å². The summed E-state index contributed by atoms with van der Waals surface area (Å²) in [6, 6.07) is 6.99. The average Bonchev–Trinajstić information content (AvgIpc) is 3.03. The van der Waals surface area contributed by atoms with Crippen molar-refractivity contribution in [1.82, 2.24) is 15.6 Å². The van der Waals surface area contributed by atoms with Crippen LogP contribution in [0, 0.1) is 5.92 Å². The Morgan fingerprint density at radius 1 is 1.33 bits per heavy atom. The van der Waals surface area contributed by atoms with Gasteiger partial charge in [-0.2, -0.15) is 0 Å². The minimum Gasteiger partial charge on any atom is -0.361 e. The molecule has 24 heavy (non-hydrogen) atoms. The van der Waals surface area contributed by atoms with Gasteiger partial charge in [0, 0.05) is 35.7 Å². The van der Waals surface area contributed by atoms with Crippen molar-refractivity contribution in [1.29, 1.82) is 0 Å². The van der Waals surface area contributed by atoms with E-state index in [-0.39, 0.29) is 17.9 Å². The second-order valence-corrected chi connectivity index (χ2v) is 6.96. The molecule has 126 valence electrons. The van der Waals surface area contributed by atoms with E-state index < -0.39 is 0 Å². The molecule has 3 N–H and O–H groups in total. The Bertz CT molecular complexity index is 800. The summed E-state index contributed by atoms with van der Waals surface area (Å²) in [4.78, 5) is 16.0. The maximum atomic E-state index is 12.6. The number of amides is 1. The topological polar surface area (TPSA) is 56.9 Å². The summed E-state index contributed by atoms with van der Waals surface area (Å²) in [5.74, 6) is 0.0572. The zero-order valence-corrected chi connectivity index (χ0v) is 14.4. The highest BCUT2D eigenvalue weighted by molar-refractivity contribution is 5.99. The van der Waals surface area contributed by atoms with Crippen molar-refractivity contribution in [3.8, 4) is 0 Å². The maximum absolute atomic E-state index is 12.6. The zero-order chi connectivity index (χ0) is 16.7. The van der Waals surface area contributed by atoms with Crippen LogP contribution in [-0.2, 0) is 11.2 Å². The van der Waals surface area contributed by atoms with Gasteiger partial charge < -0.3 is 15.6 Å². The lowest BCUT2D eigenvalue weighted by atomic mass is 9.80. The molecule has 0 saturated carbocycles. The molecule has 4 nitrogen and oxygen atoms in total. The smallest absolute Gasteiger partial charge is 0.228 e. The van der Waals surface area contributed by atoms with Crippen molar-refractivity contribution >= 4 is 22.4 Å². The third-order valence-corrected chi connectivity index (χ3v) is 5.53. The molecule has 0 bridgehead atoms. The lowest BCUT2D eigenvalue weighted by Crippen LogP contribution is -2.47. The number of hydrogen-bond donors (Lipinski definition) is 3. The minimum atomic E-state index is -0.0902. The summed E-state index contributed by atoms with van der Waals surface area (Å²) in [6.07, 6.45) is 7.27. The van der Waals surface area contributed by atoms with E-state index in [1.165, 1.54) is 27.6 Å². The van der Waals surface area contributed by atoms with Crippen LogP contribution >= 0.6 is 0 Å². The molecule has 4 heteroatoms. The van der Waals surface area contributed by atoms with Crippen LogP contribution in [0.2, 0.25) is 0 Å². The molecule has 2 heterocycles. The molecule has 0 spiro atoms. The molecule has 0 fully saturated rings. The number of aromatic nitrogens is 1. The van der Waals surface area contributed by atoms with E-state index in [4.69, 9.17) is 0 Å². The maximum Gasteiger partial charge on any atom is 0.228 e. The Labute approximate surface area is 142 Å². The molecule has 2 aromatic rings. The summed E-state index contributed by atoms with van der Waals surface area (Å²) in [6.45, 7) is 4.96. The van der Waals surface area contributed by atoms with Crippen LogP contribution in [0.3, 0.4) is 0 Å². The predicted molar refractivity (Wildman–Crippen MR) is 97.8 cm³/mol. The first kappa shape index (κ1) is 15.5. The Balaban J connectivity index is 1.67. The number of fused-ring (bicyclic) bond motifs is 2. The molecule has 2 atom stereocenters. The highest BCUT2D eigenvalue weighted by atomic mass is 16.1. The second kappa shape index (κ2) is 6.10. The number of hydrogen-bond acceptors (Lipinski definition) is 2. The van der Waals surface area contributed by atoms with E-state index in [1.807, 2.05) is 0 Å². The van der Waals surface area contributed by atoms with Crippen molar-refractivity contribution in [2.75, 3.05) is 6.54 Å². The third-order valence-electron chi connectivity index (χ3n) is 5.53.